The summed E-state index contributed by atoms with van der Waals surface area (Å²) in [6.45, 7) is 8.34. The highest BCUT2D eigenvalue weighted by molar-refractivity contribution is 7.90. The number of benzene rings is 1. The molecule has 0 aromatic heterocycles. The minimum absolute atomic E-state index is 0.228. The van der Waals surface area contributed by atoms with Crippen molar-refractivity contribution in [3.8, 4) is 0 Å². The summed E-state index contributed by atoms with van der Waals surface area (Å²) >= 11 is 0. The molecular weight excluding hydrogens is 260 g/mol. The molecule has 1 aromatic rings. The van der Waals surface area contributed by atoms with Gasteiger partial charge in [-0.1, -0.05) is 45.9 Å². The molecule has 1 N–H and O–H groups in total. The van der Waals surface area contributed by atoms with Crippen LogP contribution in [0.1, 0.15) is 62.3 Å². The van der Waals surface area contributed by atoms with E-state index in [0.717, 1.165) is 17.4 Å². The van der Waals surface area contributed by atoms with Gasteiger partial charge in [0, 0.05) is 6.26 Å². The quantitative estimate of drug-likeness (QED) is 0.904. The molecule has 4 heteroatoms. The molecule has 1 aromatic carbocycles. The van der Waals surface area contributed by atoms with Gasteiger partial charge in [0.2, 0.25) is 0 Å². The van der Waals surface area contributed by atoms with E-state index in [0.29, 0.717) is 5.92 Å². The molecule has 108 valence electrons. The largest absolute Gasteiger partial charge is 0.387 e. The smallest absolute Gasteiger partial charge is 0.150 e. The third kappa shape index (κ3) is 4.62. The van der Waals surface area contributed by atoms with E-state index in [2.05, 4.69) is 33.8 Å². The van der Waals surface area contributed by atoms with Gasteiger partial charge in [-0.15, -0.1) is 0 Å². The first-order valence-electron chi connectivity index (χ1n) is 6.61. The van der Waals surface area contributed by atoms with Gasteiger partial charge in [0.25, 0.3) is 0 Å². The van der Waals surface area contributed by atoms with Crippen LogP contribution in [0.4, 0.5) is 0 Å². The van der Waals surface area contributed by atoms with E-state index in [1.807, 2.05) is 12.1 Å². The van der Waals surface area contributed by atoms with Crippen molar-refractivity contribution < 1.29 is 13.5 Å². The number of rotatable bonds is 5. The van der Waals surface area contributed by atoms with Gasteiger partial charge in [0.1, 0.15) is 9.84 Å². The number of sulfone groups is 1. The van der Waals surface area contributed by atoms with Crippen molar-refractivity contribution >= 4 is 9.84 Å². The fraction of sp³-hybridized carbons (Fsp3) is 0.600. The Bertz CT molecular complexity index is 530. The molecule has 0 saturated heterocycles. The monoisotopic (exact) mass is 284 g/mol. The Labute approximate surface area is 116 Å². The molecule has 3 nitrogen and oxygen atoms in total. The number of hydrogen-bond donors (Lipinski definition) is 1. The van der Waals surface area contributed by atoms with Gasteiger partial charge in [-0.25, -0.2) is 8.42 Å². The Morgan fingerprint density at radius 2 is 1.63 bits per heavy atom. The highest BCUT2D eigenvalue weighted by atomic mass is 32.2. The van der Waals surface area contributed by atoms with Crippen molar-refractivity contribution in [1.29, 1.82) is 0 Å². The van der Waals surface area contributed by atoms with Crippen LogP contribution in [0.2, 0.25) is 0 Å². The van der Waals surface area contributed by atoms with Crippen molar-refractivity contribution in [2.45, 2.75) is 45.6 Å². The van der Waals surface area contributed by atoms with Crippen molar-refractivity contribution in [3.05, 3.63) is 34.9 Å². The van der Waals surface area contributed by atoms with Crippen LogP contribution < -0.4 is 0 Å². The highest BCUT2D eigenvalue weighted by Crippen LogP contribution is 2.29. The van der Waals surface area contributed by atoms with Gasteiger partial charge in [-0.2, -0.15) is 0 Å². The summed E-state index contributed by atoms with van der Waals surface area (Å²) in [6, 6.07) is 5.91. The first-order valence-corrected chi connectivity index (χ1v) is 8.67. The van der Waals surface area contributed by atoms with Crippen LogP contribution in [0.15, 0.2) is 18.2 Å². The van der Waals surface area contributed by atoms with Crippen molar-refractivity contribution in [1.82, 2.24) is 0 Å². The molecule has 1 rings (SSSR count). The second-order valence-electron chi connectivity index (χ2n) is 5.81. The third-order valence-corrected chi connectivity index (χ3v) is 4.14. The summed E-state index contributed by atoms with van der Waals surface area (Å²) in [7, 11) is -3.19. The highest BCUT2D eigenvalue weighted by Gasteiger charge is 2.19. The molecule has 0 radical (unpaired) electrons. The first-order chi connectivity index (χ1) is 8.61. The second kappa shape index (κ2) is 6.06. The van der Waals surface area contributed by atoms with Gasteiger partial charge in [0.05, 0.1) is 11.9 Å². The van der Waals surface area contributed by atoms with Crippen LogP contribution in [-0.4, -0.2) is 25.5 Å². The summed E-state index contributed by atoms with van der Waals surface area (Å²) in [5.74, 6) is 0.440. The zero-order valence-corrected chi connectivity index (χ0v) is 13.2. The van der Waals surface area contributed by atoms with E-state index in [9.17, 15) is 13.5 Å². The Kier molecular flexibility index (Phi) is 5.16. The molecule has 0 aliphatic carbocycles. The molecule has 0 aliphatic rings. The van der Waals surface area contributed by atoms with Crippen LogP contribution in [0, 0.1) is 0 Å². The van der Waals surface area contributed by atoms with Gasteiger partial charge in [-0.3, -0.25) is 0 Å². The van der Waals surface area contributed by atoms with E-state index in [1.165, 1.54) is 5.56 Å². The van der Waals surface area contributed by atoms with Crippen molar-refractivity contribution in [2.75, 3.05) is 12.0 Å². The summed E-state index contributed by atoms with van der Waals surface area (Å²) in [4.78, 5) is 0. The second-order valence-corrected chi connectivity index (χ2v) is 7.99. The zero-order chi connectivity index (χ0) is 14.8. The summed E-state index contributed by atoms with van der Waals surface area (Å²) in [6.07, 6.45) is 0.196. The fourth-order valence-corrected chi connectivity index (χ4v) is 2.89. The minimum atomic E-state index is -3.19. The Morgan fingerprint density at radius 3 is 2.05 bits per heavy atom. The molecule has 1 atom stereocenters. The number of aliphatic hydroxyl groups is 1. The molecule has 0 heterocycles. The number of aliphatic hydroxyl groups excluding tert-OH is 1. The van der Waals surface area contributed by atoms with E-state index < -0.39 is 15.9 Å². The van der Waals surface area contributed by atoms with Crippen molar-refractivity contribution in [3.63, 3.8) is 0 Å². The standard InChI is InChI=1S/C15H24O3S/c1-10(2)12-6-7-13(14(8-12)11(3)4)15(16)9-19(5,17)18/h6-8,10-11,15-16H,9H2,1-5H3. The third-order valence-electron chi connectivity index (χ3n) is 3.22. The summed E-state index contributed by atoms with van der Waals surface area (Å²) < 4.78 is 22.6. The summed E-state index contributed by atoms with van der Waals surface area (Å²) in [5, 5.41) is 10.1. The van der Waals surface area contributed by atoms with Gasteiger partial charge in [0.15, 0.2) is 0 Å². The number of hydrogen-bond acceptors (Lipinski definition) is 3. The van der Waals surface area contributed by atoms with Gasteiger partial charge in [-0.05, 0) is 28.5 Å². The van der Waals surface area contributed by atoms with E-state index >= 15 is 0 Å². The van der Waals surface area contributed by atoms with E-state index in [1.54, 1.807) is 0 Å². The zero-order valence-electron chi connectivity index (χ0n) is 12.3. The average Bonchev–Trinajstić information content (AvgIpc) is 2.25. The maximum absolute atomic E-state index is 11.3. The molecule has 0 saturated carbocycles. The topological polar surface area (TPSA) is 54.4 Å². The van der Waals surface area contributed by atoms with Crippen LogP contribution in [0.3, 0.4) is 0 Å². The predicted molar refractivity (Wildman–Crippen MR) is 79.3 cm³/mol. The molecular formula is C15H24O3S. The molecule has 19 heavy (non-hydrogen) atoms. The lowest BCUT2D eigenvalue weighted by molar-refractivity contribution is 0.200. The molecule has 0 fully saturated rings. The molecule has 0 aliphatic heterocycles. The van der Waals surface area contributed by atoms with Crippen LogP contribution in [0.5, 0.6) is 0 Å². The van der Waals surface area contributed by atoms with Crippen LogP contribution in [0.25, 0.3) is 0 Å². The maximum atomic E-state index is 11.3. The van der Waals surface area contributed by atoms with Gasteiger partial charge >= 0.3 is 0 Å². The van der Waals surface area contributed by atoms with Gasteiger partial charge < -0.3 is 5.11 Å². The predicted octanol–water partition coefficient (Wildman–Crippen LogP) is 3.01. The summed E-state index contributed by atoms with van der Waals surface area (Å²) in [5.41, 5.74) is 2.96. The SMILES string of the molecule is CC(C)c1ccc(C(O)CS(C)(=O)=O)c(C(C)C)c1. The first kappa shape index (κ1) is 16.2. The minimum Gasteiger partial charge on any atom is -0.387 e. The Balaban J connectivity index is 3.20. The lowest BCUT2D eigenvalue weighted by atomic mass is 9.90. The van der Waals surface area contributed by atoms with Crippen LogP contribution in [-0.2, 0) is 9.84 Å². The molecule has 0 amide bonds. The maximum Gasteiger partial charge on any atom is 0.150 e. The van der Waals surface area contributed by atoms with Crippen LogP contribution >= 0.6 is 0 Å². The fourth-order valence-electron chi connectivity index (χ4n) is 2.13. The molecule has 0 bridgehead atoms. The Hall–Kier alpha value is -0.870. The molecule has 0 spiro atoms. The lowest BCUT2D eigenvalue weighted by Gasteiger charge is -2.19. The lowest BCUT2D eigenvalue weighted by Crippen LogP contribution is -2.15. The molecule has 1 unspecified atom stereocenters. The van der Waals surface area contributed by atoms with E-state index in [4.69, 9.17) is 0 Å². The normalized spacial score (nSPS) is 14.1. The van der Waals surface area contributed by atoms with Crippen molar-refractivity contribution in [2.24, 2.45) is 0 Å². The van der Waals surface area contributed by atoms with E-state index in [-0.39, 0.29) is 11.7 Å². The Morgan fingerprint density at radius 1 is 1.05 bits per heavy atom. The average molecular weight is 284 g/mol.